The molecule has 3 amide bonds. The van der Waals surface area contributed by atoms with Crippen LogP contribution in [0.1, 0.15) is 37.0 Å². The number of anilines is 3. The van der Waals surface area contributed by atoms with Gasteiger partial charge in [-0.2, -0.15) is 4.99 Å². The summed E-state index contributed by atoms with van der Waals surface area (Å²) in [5.41, 5.74) is 3.39. The Kier molecular flexibility index (Phi) is 11.4. The van der Waals surface area contributed by atoms with Gasteiger partial charge in [0.05, 0.1) is 17.1 Å². The SMILES string of the molecule is CCCc1ccc(C)cc1N(C=O)/C(=N/C(=O)Nc1ccc(CNc2ncn(-c3ccc(OC(F)(F)F)cc3)n2)cc1F)SCC. The van der Waals surface area contributed by atoms with Crippen molar-refractivity contribution in [3.05, 3.63) is 89.5 Å². The summed E-state index contributed by atoms with van der Waals surface area (Å²) in [5, 5.41) is 9.77. The number of amides is 3. The van der Waals surface area contributed by atoms with Crippen molar-refractivity contribution in [2.75, 3.05) is 21.3 Å². The number of rotatable bonds is 11. The number of thioether (sulfide) groups is 1. The summed E-state index contributed by atoms with van der Waals surface area (Å²) in [7, 11) is 0. The van der Waals surface area contributed by atoms with Crippen LogP contribution in [0.3, 0.4) is 0 Å². The molecule has 0 fully saturated rings. The zero-order valence-electron chi connectivity index (χ0n) is 25.1. The van der Waals surface area contributed by atoms with Gasteiger partial charge < -0.3 is 15.4 Å². The number of halogens is 4. The van der Waals surface area contributed by atoms with Crippen molar-refractivity contribution in [2.24, 2.45) is 4.99 Å². The molecule has 0 saturated heterocycles. The fourth-order valence-electron chi connectivity index (χ4n) is 4.32. The Morgan fingerprint density at radius 3 is 2.52 bits per heavy atom. The fourth-order valence-corrected chi connectivity index (χ4v) is 5.00. The molecule has 0 radical (unpaired) electrons. The summed E-state index contributed by atoms with van der Waals surface area (Å²) in [6.07, 6.45) is -1.21. The molecule has 4 rings (SSSR count). The van der Waals surface area contributed by atoms with Crippen molar-refractivity contribution >= 4 is 46.7 Å². The minimum absolute atomic E-state index is 0.0985. The van der Waals surface area contributed by atoms with Gasteiger partial charge in [-0.3, -0.25) is 9.69 Å². The molecule has 0 aliphatic carbocycles. The van der Waals surface area contributed by atoms with Crippen LogP contribution in [-0.2, 0) is 17.8 Å². The van der Waals surface area contributed by atoms with Crippen LogP contribution in [-0.4, -0.2) is 44.5 Å². The van der Waals surface area contributed by atoms with Crippen molar-refractivity contribution < 1.29 is 31.9 Å². The van der Waals surface area contributed by atoms with Crippen LogP contribution in [0.15, 0.2) is 72.0 Å². The number of carbonyl (C=O) groups is 2. The van der Waals surface area contributed by atoms with E-state index >= 15 is 0 Å². The molecule has 0 aliphatic heterocycles. The number of benzene rings is 3. The lowest BCUT2D eigenvalue weighted by Gasteiger charge is -2.22. The first kappa shape index (κ1) is 34.0. The molecule has 0 unspecified atom stereocenters. The normalized spacial score (nSPS) is 11.7. The lowest BCUT2D eigenvalue weighted by Crippen LogP contribution is -2.30. The second-order valence-electron chi connectivity index (χ2n) is 9.84. The Labute approximate surface area is 266 Å². The minimum atomic E-state index is -4.79. The molecule has 15 heteroatoms. The van der Waals surface area contributed by atoms with Crippen LogP contribution < -0.4 is 20.3 Å². The van der Waals surface area contributed by atoms with Gasteiger partial charge >= 0.3 is 12.4 Å². The third kappa shape index (κ3) is 9.30. The highest BCUT2D eigenvalue weighted by Crippen LogP contribution is 2.27. The van der Waals surface area contributed by atoms with Crippen LogP contribution in [0.2, 0.25) is 0 Å². The van der Waals surface area contributed by atoms with Crippen molar-refractivity contribution in [3.8, 4) is 11.4 Å². The predicted molar refractivity (Wildman–Crippen MR) is 170 cm³/mol. The number of aliphatic imine (C=N–C) groups is 1. The van der Waals surface area contributed by atoms with E-state index in [1.807, 2.05) is 39.0 Å². The van der Waals surface area contributed by atoms with E-state index in [0.29, 0.717) is 29.1 Å². The van der Waals surface area contributed by atoms with E-state index in [4.69, 9.17) is 0 Å². The van der Waals surface area contributed by atoms with Crippen molar-refractivity contribution in [1.82, 2.24) is 14.8 Å². The number of urea groups is 1. The van der Waals surface area contributed by atoms with E-state index in [1.165, 1.54) is 51.9 Å². The predicted octanol–water partition coefficient (Wildman–Crippen LogP) is 7.48. The number of aromatic nitrogens is 3. The number of hydrogen-bond donors (Lipinski definition) is 2. The van der Waals surface area contributed by atoms with Crippen molar-refractivity contribution in [1.29, 1.82) is 0 Å². The van der Waals surface area contributed by atoms with Gasteiger partial charge in [0.25, 0.3) is 0 Å². The minimum Gasteiger partial charge on any atom is -0.406 e. The first-order chi connectivity index (χ1) is 22.0. The largest absolute Gasteiger partial charge is 0.573 e. The summed E-state index contributed by atoms with van der Waals surface area (Å²) >= 11 is 1.21. The Hall–Kier alpha value is -4.92. The molecular weight excluding hydrogens is 626 g/mol. The zero-order chi connectivity index (χ0) is 33.3. The molecule has 1 aromatic heterocycles. The van der Waals surface area contributed by atoms with Crippen molar-refractivity contribution in [2.45, 2.75) is 46.5 Å². The van der Waals surface area contributed by atoms with E-state index in [2.05, 4.69) is 30.4 Å². The molecule has 0 spiro atoms. The zero-order valence-corrected chi connectivity index (χ0v) is 26.0. The van der Waals surface area contributed by atoms with Crippen LogP contribution in [0, 0.1) is 12.7 Å². The fraction of sp³-hybridized carbons (Fsp3) is 0.258. The van der Waals surface area contributed by atoms with Crippen LogP contribution in [0.4, 0.5) is 39.7 Å². The Bertz CT molecular complexity index is 1690. The molecule has 0 atom stereocenters. The van der Waals surface area contributed by atoms with Crippen molar-refractivity contribution in [3.63, 3.8) is 0 Å². The Balaban J connectivity index is 1.41. The maximum Gasteiger partial charge on any atom is 0.573 e. The molecule has 0 bridgehead atoms. The average Bonchev–Trinajstić information content (AvgIpc) is 3.48. The van der Waals surface area contributed by atoms with Gasteiger partial charge in [-0.15, -0.1) is 18.3 Å². The van der Waals surface area contributed by atoms with Gasteiger partial charge in [0.1, 0.15) is 17.9 Å². The molecule has 46 heavy (non-hydrogen) atoms. The Morgan fingerprint density at radius 1 is 1.11 bits per heavy atom. The smallest absolute Gasteiger partial charge is 0.406 e. The molecule has 0 saturated carbocycles. The second kappa shape index (κ2) is 15.4. The second-order valence-corrected chi connectivity index (χ2v) is 11.1. The first-order valence-electron chi connectivity index (χ1n) is 14.2. The van der Waals surface area contributed by atoms with Gasteiger partial charge in [0, 0.05) is 6.54 Å². The number of hydrogen-bond acceptors (Lipinski definition) is 7. The highest BCUT2D eigenvalue weighted by Gasteiger charge is 2.31. The molecule has 2 N–H and O–H groups in total. The molecule has 242 valence electrons. The number of alkyl halides is 3. The maximum atomic E-state index is 15.0. The molecule has 1 heterocycles. The average molecular weight is 658 g/mol. The van der Waals surface area contributed by atoms with Gasteiger partial charge in [-0.05, 0) is 78.3 Å². The van der Waals surface area contributed by atoms with Gasteiger partial charge in [-0.25, -0.2) is 18.9 Å². The highest BCUT2D eigenvalue weighted by molar-refractivity contribution is 8.14. The number of aryl methyl sites for hydroxylation is 2. The summed E-state index contributed by atoms with van der Waals surface area (Å²) in [6.45, 7) is 5.94. The number of nitrogens with zero attached hydrogens (tertiary/aromatic N) is 5. The summed E-state index contributed by atoms with van der Waals surface area (Å²) in [4.78, 5) is 34.6. The van der Waals surface area contributed by atoms with Crippen LogP contribution >= 0.6 is 11.8 Å². The monoisotopic (exact) mass is 657 g/mol. The molecule has 3 aromatic carbocycles. The topological polar surface area (TPSA) is 114 Å². The van der Waals surface area contributed by atoms with Gasteiger partial charge in [-0.1, -0.05) is 50.2 Å². The lowest BCUT2D eigenvalue weighted by atomic mass is 10.0. The summed E-state index contributed by atoms with van der Waals surface area (Å²) in [6, 6.07) is 14.2. The summed E-state index contributed by atoms with van der Waals surface area (Å²) in [5.74, 6) is -0.338. The quantitative estimate of drug-likeness (QED) is 0.0744. The standard InChI is InChI=1S/C31H31F4N7O3S/c1-4-6-22-9-7-20(3)15-27(22)41(19-43)30(46-5-2)39-29(44)38-26-14-8-21(16-25(26)32)17-36-28-37-18-42(40-28)23-10-12-24(13-11-23)45-31(33,34)35/h7-16,18-19H,4-6,17H2,1-3H3,(H,36,40)(H,38,44)/b39-30-. The van der Waals surface area contributed by atoms with E-state index in [1.54, 1.807) is 6.07 Å². The van der Waals surface area contributed by atoms with E-state index < -0.39 is 18.2 Å². The number of ether oxygens (including phenoxy) is 1. The highest BCUT2D eigenvalue weighted by atomic mass is 32.2. The number of carbonyl (C=O) groups excluding carboxylic acids is 2. The molecular formula is C31H31F4N7O3S. The van der Waals surface area contributed by atoms with E-state index in [0.717, 1.165) is 36.1 Å². The van der Waals surface area contributed by atoms with Gasteiger partial charge in [0.2, 0.25) is 12.4 Å². The van der Waals surface area contributed by atoms with E-state index in [-0.39, 0.29) is 29.1 Å². The number of amidine groups is 1. The molecule has 10 nitrogen and oxygen atoms in total. The maximum absolute atomic E-state index is 15.0. The van der Waals surface area contributed by atoms with Crippen LogP contribution in [0.25, 0.3) is 5.69 Å². The third-order valence-corrected chi connectivity index (χ3v) is 7.19. The van der Waals surface area contributed by atoms with E-state index in [9.17, 15) is 27.2 Å². The summed E-state index contributed by atoms with van der Waals surface area (Å²) < 4.78 is 57.3. The third-order valence-electron chi connectivity index (χ3n) is 6.35. The molecule has 0 aliphatic rings. The Morgan fingerprint density at radius 2 is 1.87 bits per heavy atom. The lowest BCUT2D eigenvalue weighted by molar-refractivity contribution is -0.274. The van der Waals surface area contributed by atoms with Crippen LogP contribution in [0.5, 0.6) is 5.75 Å². The van der Waals surface area contributed by atoms with Gasteiger partial charge in [0.15, 0.2) is 5.17 Å². The molecule has 4 aromatic rings. The first-order valence-corrected chi connectivity index (χ1v) is 15.1. The number of nitrogens with one attached hydrogen (secondary N) is 2.